The van der Waals surface area contributed by atoms with Gasteiger partial charge in [0.15, 0.2) is 0 Å². The molecule has 0 saturated heterocycles. The fourth-order valence-electron chi connectivity index (χ4n) is 2.13. The van der Waals surface area contributed by atoms with Crippen LogP contribution in [0, 0.1) is 0 Å². The summed E-state index contributed by atoms with van der Waals surface area (Å²) < 4.78 is 12.0. The summed E-state index contributed by atoms with van der Waals surface area (Å²) in [6, 6.07) is 4.57. The molecule has 1 unspecified atom stereocenters. The van der Waals surface area contributed by atoms with Gasteiger partial charge >= 0.3 is 6.03 Å². The molecule has 1 aromatic carbocycles. The molecule has 0 aliphatic carbocycles. The third-order valence-corrected chi connectivity index (χ3v) is 3.36. The first-order valence-electron chi connectivity index (χ1n) is 7.54. The summed E-state index contributed by atoms with van der Waals surface area (Å²) in [5.74, 6) is -0.414. The van der Waals surface area contributed by atoms with Gasteiger partial charge in [-0.05, 0) is 43.0 Å². The Labute approximate surface area is 130 Å². The number of alkyl halides is 1. The summed E-state index contributed by atoms with van der Waals surface area (Å²) in [5, 5.41) is 7.60. The number of urea groups is 1. The maximum Gasteiger partial charge on any atom is 0.319 e. The van der Waals surface area contributed by atoms with E-state index in [0.717, 1.165) is 12.8 Å². The van der Waals surface area contributed by atoms with Gasteiger partial charge < -0.3 is 16.0 Å². The van der Waals surface area contributed by atoms with Crippen LogP contribution in [0.1, 0.15) is 31.9 Å². The van der Waals surface area contributed by atoms with Crippen molar-refractivity contribution in [3.05, 3.63) is 29.3 Å². The smallest absolute Gasteiger partial charge is 0.319 e. The molecule has 22 heavy (non-hydrogen) atoms. The zero-order chi connectivity index (χ0) is 16.5. The third kappa shape index (κ3) is 5.35. The highest BCUT2D eigenvalue weighted by molar-refractivity contribution is 5.93. The molecule has 0 heterocycles. The highest BCUT2D eigenvalue weighted by Gasteiger charge is 2.15. The van der Waals surface area contributed by atoms with Crippen molar-refractivity contribution in [2.24, 2.45) is 0 Å². The van der Waals surface area contributed by atoms with Gasteiger partial charge in [0.1, 0.15) is 12.7 Å². The largest absolute Gasteiger partial charge is 0.352 e. The number of anilines is 1. The zero-order valence-corrected chi connectivity index (χ0v) is 13.3. The molecule has 1 aromatic rings. The Balaban J connectivity index is 2.59. The number of aryl methyl sites for hydroxylation is 2. The Morgan fingerprint density at radius 2 is 1.86 bits per heavy atom. The molecule has 5 nitrogen and oxygen atoms in total. The van der Waals surface area contributed by atoms with Crippen LogP contribution in [-0.2, 0) is 17.6 Å². The predicted molar refractivity (Wildman–Crippen MR) is 85.8 cm³/mol. The van der Waals surface area contributed by atoms with Crippen molar-refractivity contribution < 1.29 is 14.0 Å². The van der Waals surface area contributed by atoms with Crippen LogP contribution in [0.2, 0.25) is 0 Å². The van der Waals surface area contributed by atoms with Crippen LogP contribution in [0.4, 0.5) is 14.9 Å². The lowest BCUT2D eigenvalue weighted by Crippen LogP contribution is -2.46. The summed E-state index contributed by atoms with van der Waals surface area (Å²) in [5.41, 5.74) is 3.13. The first kappa shape index (κ1) is 17.9. The second kappa shape index (κ2) is 9.02. The number of benzene rings is 1. The molecule has 122 valence electrons. The summed E-state index contributed by atoms with van der Waals surface area (Å²) in [6.07, 6.45) is 1.84. The van der Waals surface area contributed by atoms with E-state index in [1.807, 2.05) is 18.2 Å². The maximum atomic E-state index is 12.0. The Kier molecular flexibility index (Phi) is 7.36. The molecule has 0 aromatic heterocycles. The van der Waals surface area contributed by atoms with Crippen molar-refractivity contribution in [3.8, 4) is 0 Å². The van der Waals surface area contributed by atoms with Crippen LogP contribution in [0.3, 0.4) is 0 Å². The van der Waals surface area contributed by atoms with E-state index < -0.39 is 24.7 Å². The van der Waals surface area contributed by atoms with Gasteiger partial charge in [-0.3, -0.25) is 4.79 Å². The van der Waals surface area contributed by atoms with E-state index in [4.69, 9.17) is 0 Å². The molecular formula is C16H24FN3O2. The van der Waals surface area contributed by atoms with Crippen molar-refractivity contribution >= 4 is 17.6 Å². The Hall–Kier alpha value is -2.11. The maximum absolute atomic E-state index is 12.0. The van der Waals surface area contributed by atoms with Crippen molar-refractivity contribution in [2.45, 2.75) is 39.7 Å². The van der Waals surface area contributed by atoms with Crippen molar-refractivity contribution in [1.29, 1.82) is 0 Å². The molecule has 0 aliphatic rings. The number of carbonyl (C=O) groups excluding carboxylic acids is 2. The van der Waals surface area contributed by atoms with Crippen LogP contribution in [0.15, 0.2) is 18.2 Å². The molecule has 0 aliphatic heterocycles. The number of halogens is 1. The lowest BCUT2D eigenvalue weighted by molar-refractivity contribution is -0.122. The second-order valence-electron chi connectivity index (χ2n) is 4.99. The molecule has 0 bridgehead atoms. The minimum atomic E-state index is -0.730. The second-order valence-corrected chi connectivity index (χ2v) is 4.99. The van der Waals surface area contributed by atoms with Gasteiger partial charge in [-0.15, -0.1) is 0 Å². The quantitative estimate of drug-likeness (QED) is 0.724. The number of carbonyl (C=O) groups is 2. The highest BCUT2D eigenvalue weighted by atomic mass is 19.1. The number of rotatable bonds is 7. The van der Waals surface area contributed by atoms with E-state index in [1.165, 1.54) is 11.1 Å². The summed E-state index contributed by atoms with van der Waals surface area (Å²) in [7, 11) is 0. The van der Waals surface area contributed by atoms with E-state index in [9.17, 15) is 14.0 Å². The lowest BCUT2D eigenvalue weighted by atomic mass is 10.0. The predicted octanol–water partition coefficient (Wildman–Crippen LogP) is 2.41. The Morgan fingerprint density at radius 1 is 1.18 bits per heavy atom. The normalized spacial score (nSPS) is 11.6. The van der Waals surface area contributed by atoms with Gasteiger partial charge in [0.25, 0.3) is 0 Å². The van der Waals surface area contributed by atoms with Crippen LogP contribution >= 0.6 is 0 Å². The van der Waals surface area contributed by atoms with Gasteiger partial charge in [-0.2, -0.15) is 0 Å². The molecule has 3 amide bonds. The first-order valence-corrected chi connectivity index (χ1v) is 7.54. The van der Waals surface area contributed by atoms with Crippen molar-refractivity contribution in [1.82, 2.24) is 10.6 Å². The van der Waals surface area contributed by atoms with Crippen LogP contribution in [0.25, 0.3) is 0 Å². The van der Waals surface area contributed by atoms with E-state index in [2.05, 4.69) is 29.8 Å². The van der Waals surface area contributed by atoms with Crippen molar-refractivity contribution in [3.63, 3.8) is 0 Å². The average Bonchev–Trinajstić information content (AvgIpc) is 2.52. The van der Waals surface area contributed by atoms with Gasteiger partial charge in [-0.1, -0.05) is 19.9 Å². The molecule has 0 fully saturated rings. The molecular weight excluding hydrogens is 285 g/mol. The lowest BCUT2D eigenvalue weighted by Gasteiger charge is -2.15. The Bertz CT molecular complexity index is 520. The number of hydrogen-bond donors (Lipinski definition) is 3. The van der Waals surface area contributed by atoms with Crippen LogP contribution < -0.4 is 16.0 Å². The van der Waals surface area contributed by atoms with Crippen LogP contribution in [-0.4, -0.2) is 31.2 Å². The fourth-order valence-corrected chi connectivity index (χ4v) is 2.13. The standard InChI is InChI=1S/C16H24FN3O2/c1-4-12-6-7-14(10-13(12)5-2)20-16(22)19-11(3)15(21)18-9-8-17/h6-7,10-11H,4-5,8-9H2,1-3H3,(H,18,21)(H2,19,20,22). The van der Waals surface area contributed by atoms with E-state index in [1.54, 1.807) is 6.92 Å². The Morgan fingerprint density at radius 3 is 2.45 bits per heavy atom. The fraction of sp³-hybridized carbons (Fsp3) is 0.500. The van der Waals surface area contributed by atoms with Crippen molar-refractivity contribution in [2.75, 3.05) is 18.5 Å². The van der Waals surface area contributed by atoms with Gasteiger partial charge in [0.2, 0.25) is 5.91 Å². The van der Waals surface area contributed by atoms with E-state index in [0.29, 0.717) is 5.69 Å². The van der Waals surface area contributed by atoms with Gasteiger partial charge in [-0.25, -0.2) is 9.18 Å². The molecule has 1 atom stereocenters. The SMILES string of the molecule is CCc1ccc(NC(=O)NC(C)C(=O)NCCF)cc1CC. The summed E-state index contributed by atoms with van der Waals surface area (Å²) in [4.78, 5) is 23.4. The molecule has 3 N–H and O–H groups in total. The molecule has 0 radical (unpaired) electrons. The highest BCUT2D eigenvalue weighted by Crippen LogP contribution is 2.17. The average molecular weight is 309 g/mol. The van der Waals surface area contributed by atoms with E-state index >= 15 is 0 Å². The van der Waals surface area contributed by atoms with Gasteiger partial charge in [0.05, 0.1) is 0 Å². The topological polar surface area (TPSA) is 70.2 Å². The molecule has 6 heteroatoms. The number of hydrogen-bond acceptors (Lipinski definition) is 2. The third-order valence-electron chi connectivity index (χ3n) is 3.36. The molecule has 0 saturated carbocycles. The van der Waals surface area contributed by atoms with E-state index in [-0.39, 0.29) is 6.54 Å². The molecule has 0 spiro atoms. The number of amides is 3. The minimum absolute atomic E-state index is 0.0508. The minimum Gasteiger partial charge on any atom is -0.352 e. The van der Waals surface area contributed by atoms with Crippen LogP contribution in [0.5, 0.6) is 0 Å². The zero-order valence-electron chi connectivity index (χ0n) is 13.3. The molecule has 1 rings (SSSR count). The monoisotopic (exact) mass is 309 g/mol. The number of nitrogens with one attached hydrogen (secondary N) is 3. The summed E-state index contributed by atoms with van der Waals surface area (Å²) >= 11 is 0. The summed E-state index contributed by atoms with van der Waals surface area (Å²) in [6.45, 7) is 5.02. The first-order chi connectivity index (χ1) is 10.5. The van der Waals surface area contributed by atoms with Gasteiger partial charge in [0, 0.05) is 12.2 Å².